The Morgan fingerprint density at radius 2 is 2.43 bits per heavy atom. The summed E-state index contributed by atoms with van der Waals surface area (Å²) in [6, 6.07) is -0.227. The van der Waals surface area contributed by atoms with Crippen LogP contribution in [0.4, 0.5) is 9.18 Å². The molecule has 2 atom stereocenters. The molecule has 0 N–H and O–H groups in total. The van der Waals surface area contributed by atoms with Gasteiger partial charge in [-0.1, -0.05) is 0 Å². The van der Waals surface area contributed by atoms with Crippen LogP contribution in [0.25, 0.3) is 0 Å². The SMILES string of the molecule is C[C@@H]1C[C@H](F)CN1C(=O)n1ccnc1. The second kappa shape index (κ2) is 3.40. The van der Waals surface area contributed by atoms with Gasteiger partial charge in [0.15, 0.2) is 0 Å². The number of nitrogens with zero attached hydrogens (tertiary/aromatic N) is 3. The first-order valence-electron chi connectivity index (χ1n) is 4.61. The van der Waals surface area contributed by atoms with Crippen molar-refractivity contribution in [2.45, 2.75) is 25.6 Å². The third-order valence-electron chi connectivity index (χ3n) is 2.49. The summed E-state index contributed by atoms with van der Waals surface area (Å²) in [5.41, 5.74) is 0. The molecule has 0 radical (unpaired) electrons. The smallest absolute Gasteiger partial charge is 0.318 e. The Bertz CT molecular complexity index is 325. The largest absolute Gasteiger partial charge is 0.329 e. The summed E-state index contributed by atoms with van der Waals surface area (Å²) in [7, 11) is 0. The van der Waals surface area contributed by atoms with Crippen LogP contribution in [0, 0.1) is 0 Å². The van der Waals surface area contributed by atoms with Crippen LogP contribution in [-0.4, -0.2) is 39.2 Å². The topological polar surface area (TPSA) is 38.1 Å². The zero-order chi connectivity index (χ0) is 10.1. The Balaban J connectivity index is 2.13. The fourth-order valence-corrected chi connectivity index (χ4v) is 1.75. The van der Waals surface area contributed by atoms with Gasteiger partial charge in [-0.05, 0) is 6.92 Å². The molecule has 1 aliphatic rings. The molecular formula is C9H12FN3O. The number of imidazole rings is 1. The predicted octanol–water partition coefficient (Wildman–Crippen LogP) is 1.28. The molecule has 2 rings (SSSR count). The number of aromatic nitrogens is 2. The highest BCUT2D eigenvalue weighted by Gasteiger charge is 2.32. The van der Waals surface area contributed by atoms with E-state index in [1.54, 1.807) is 6.20 Å². The number of alkyl halides is 1. The van der Waals surface area contributed by atoms with Crippen LogP contribution in [0.3, 0.4) is 0 Å². The molecule has 76 valence electrons. The summed E-state index contributed by atoms with van der Waals surface area (Å²) in [6.07, 6.45) is 4.07. The summed E-state index contributed by atoms with van der Waals surface area (Å²) in [5.74, 6) is 0. The van der Waals surface area contributed by atoms with Gasteiger partial charge >= 0.3 is 6.03 Å². The summed E-state index contributed by atoms with van der Waals surface area (Å²) in [6.45, 7) is 2.05. The van der Waals surface area contributed by atoms with Gasteiger partial charge in [0.25, 0.3) is 0 Å². The monoisotopic (exact) mass is 197 g/mol. The van der Waals surface area contributed by atoms with E-state index >= 15 is 0 Å². The van der Waals surface area contributed by atoms with Crippen LogP contribution in [0.1, 0.15) is 13.3 Å². The lowest BCUT2D eigenvalue weighted by Crippen LogP contribution is -2.36. The van der Waals surface area contributed by atoms with Gasteiger partial charge in [-0.25, -0.2) is 14.2 Å². The molecule has 1 aromatic rings. The molecule has 0 aromatic carbocycles. The Labute approximate surface area is 81.3 Å². The number of hydrogen-bond donors (Lipinski definition) is 0. The summed E-state index contributed by atoms with van der Waals surface area (Å²) in [5, 5.41) is 0. The number of amides is 1. The highest BCUT2D eigenvalue weighted by molar-refractivity contribution is 5.77. The number of rotatable bonds is 0. The second-order valence-electron chi connectivity index (χ2n) is 3.59. The maximum Gasteiger partial charge on any atom is 0.329 e. The molecular weight excluding hydrogens is 185 g/mol. The maximum absolute atomic E-state index is 13.0. The molecule has 0 spiro atoms. The molecule has 0 aliphatic carbocycles. The van der Waals surface area contributed by atoms with Crippen molar-refractivity contribution >= 4 is 6.03 Å². The first-order chi connectivity index (χ1) is 6.68. The van der Waals surface area contributed by atoms with Crippen LogP contribution in [0.15, 0.2) is 18.7 Å². The van der Waals surface area contributed by atoms with E-state index in [4.69, 9.17) is 0 Å². The van der Waals surface area contributed by atoms with Crippen LogP contribution < -0.4 is 0 Å². The number of halogens is 1. The molecule has 1 amide bonds. The average molecular weight is 197 g/mol. The van der Waals surface area contributed by atoms with E-state index in [-0.39, 0.29) is 18.6 Å². The zero-order valence-corrected chi connectivity index (χ0v) is 7.93. The predicted molar refractivity (Wildman–Crippen MR) is 48.7 cm³/mol. The molecule has 1 aromatic heterocycles. The summed E-state index contributed by atoms with van der Waals surface area (Å²) >= 11 is 0. The van der Waals surface area contributed by atoms with Gasteiger partial charge < -0.3 is 4.90 Å². The lowest BCUT2D eigenvalue weighted by Gasteiger charge is -2.20. The minimum atomic E-state index is -0.891. The molecule has 0 bridgehead atoms. The summed E-state index contributed by atoms with van der Waals surface area (Å²) in [4.78, 5) is 17.1. The number of carbonyl (C=O) groups is 1. The third-order valence-corrected chi connectivity index (χ3v) is 2.49. The molecule has 1 saturated heterocycles. The van der Waals surface area contributed by atoms with E-state index in [9.17, 15) is 9.18 Å². The van der Waals surface area contributed by atoms with Crippen molar-refractivity contribution in [3.8, 4) is 0 Å². The lowest BCUT2D eigenvalue weighted by atomic mass is 10.2. The zero-order valence-electron chi connectivity index (χ0n) is 7.93. The Morgan fingerprint density at radius 1 is 1.64 bits per heavy atom. The molecule has 1 aliphatic heterocycles. The van der Waals surface area contributed by atoms with Crippen molar-refractivity contribution in [1.29, 1.82) is 0 Å². The molecule has 5 heteroatoms. The standard InChI is InChI=1S/C9H12FN3O/c1-7-4-8(10)5-13(7)9(14)12-3-2-11-6-12/h2-3,6-8H,4-5H2,1H3/t7-,8+/m1/s1. The summed E-state index contributed by atoms with van der Waals surface area (Å²) < 4.78 is 14.4. The van der Waals surface area contributed by atoms with Crippen molar-refractivity contribution in [1.82, 2.24) is 14.5 Å². The second-order valence-corrected chi connectivity index (χ2v) is 3.59. The quantitative estimate of drug-likeness (QED) is 0.628. The van der Waals surface area contributed by atoms with Gasteiger partial charge in [0, 0.05) is 24.9 Å². The van der Waals surface area contributed by atoms with E-state index in [0.717, 1.165) is 0 Å². The fourth-order valence-electron chi connectivity index (χ4n) is 1.75. The highest BCUT2D eigenvalue weighted by atomic mass is 19.1. The van der Waals surface area contributed by atoms with Crippen LogP contribution in [-0.2, 0) is 0 Å². The van der Waals surface area contributed by atoms with Crippen LogP contribution in [0.5, 0.6) is 0 Å². The third kappa shape index (κ3) is 1.49. The minimum absolute atomic E-state index is 0.0279. The van der Waals surface area contributed by atoms with E-state index in [1.807, 2.05) is 6.92 Å². The van der Waals surface area contributed by atoms with Gasteiger partial charge in [0.1, 0.15) is 12.5 Å². The van der Waals surface area contributed by atoms with Crippen molar-refractivity contribution in [3.63, 3.8) is 0 Å². The van der Waals surface area contributed by atoms with Crippen LogP contribution in [0.2, 0.25) is 0 Å². The van der Waals surface area contributed by atoms with E-state index < -0.39 is 6.17 Å². The Morgan fingerprint density at radius 3 is 2.93 bits per heavy atom. The number of hydrogen-bond acceptors (Lipinski definition) is 2. The average Bonchev–Trinajstić information content (AvgIpc) is 2.73. The van der Waals surface area contributed by atoms with E-state index in [0.29, 0.717) is 6.42 Å². The van der Waals surface area contributed by atoms with Crippen LogP contribution >= 0.6 is 0 Å². The van der Waals surface area contributed by atoms with E-state index in [2.05, 4.69) is 4.98 Å². The molecule has 14 heavy (non-hydrogen) atoms. The number of likely N-dealkylation sites (tertiary alicyclic amines) is 1. The molecule has 1 fully saturated rings. The van der Waals surface area contributed by atoms with Crippen molar-refractivity contribution < 1.29 is 9.18 Å². The Kier molecular flexibility index (Phi) is 2.23. The minimum Gasteiger partial charge on any atom is -0.318 e. The highest BCUT2D eigenvalue weighted by Crippen LogP contribution is 2.20. The van der Waals surface area contributed by atoms with Gasteiger partial charge in [0.05, 0.1) is 6.54 Å². The van der Waals surface area contributed by atoms with Gasteiger partial charge in [-0.15, -0.1) is 0 Å². The molecule has 4 nitrogen and oxygen atoms in total. The maximum atomic E-state index is 13.0. The number of carbonyl (C=O) groups excluding carboxylic acids is 1. The van der Waals surface area contributed by atoms with E-state index in [1.165, 1.54) is 22.0 Å². The van der Waals surface area contributed by atoms with Gasteiger partial charge in [0.2, 0.25) is 0 Å². The van der Waals surface area contributed by atoms with Gasteiger partial charge in [-0.2, -0.15) is 0 Å². The van der Waals surface area contributed by atoms with Gasteiger partial charge in [-0.3, -0.25) is 4.57 Å². The van der Waals surface area contributed by atoms with Crippen molar-refractivity contribution in [2.75, 3.05) is 6.54 Å². The van der Waals surface area contributed by atoms with Crippen molar-refractivity contribution in [3.05, 3.63) is 18.7 Å². The fraction of sp³-hybridized carbons (Fsp3) is 0.556. The molecule has 0 unspecified atom stereocenters. The van der Waals surface area contributed by atoms with Crippen molar-refractivity contribution in [2.24, 2.45) is 0 Å². The lowest BCUT2D eigenvalue weighted by molar-refractivity contribution is 0.194. The first kappa shape index (κ1) is 9.18. The first-order valence-corrected chi connectivity index (χ1v) is 4.61. The normalized spacial score (nSPS) is 26.9. The Hall–Kier alpha value is -1.39. The molecule has 0 saturated carbocycles. The molecule has 2 heterocycles.